The minimum Gasteiger partial charge on any atom is -0.411 e. The summed E-state index contributed by atoms with van der Waals surface area (Å²) in [6, 6.07) is 14.5. The Balaban J connectivity index is 1.35. The lowest BCUT2D eigenvalue weighted by Gasteiger charge is -2.10. The first kappa shape index (κ1) is 25.2. The highest BCUT2D eigenvalue weighted by atomic mass is 32.2. The van der Waals surface area contributed by atoms with Crippen molar-refractivity contribution in [1.29, 1.82) is 0 Å². The number of carbonyl (C=O) groups is 2. The lowest BCUT2D eigenvalue weighted by molar-refractivity contribution is 0.105. The Morgan fingerprint density at radius 3 is 1.31 bits per heavy atom. The van der Waals surface area contributed by atoms with Crippen LogP contribution in [0.4, 0.5) is 0 Å². The van der Waals surface area contributed by atoms with Gasteiger partial charge in [0.25, 0.3) is 0 Å². The third kappa shape index (κ3) is 6.60. The molecule has 2 N–H and O–H groups in total. The standard InChI is InChI=1S/C28H32N2O4S/c31-27(25(29-33)17-19-5-1-2-6-19)21-9-13-23(14-10-21)35-24-15-11-22(12-16-24)28(32)26(30-34)18-20-7-3-4-8-20/h9-16,19-20,33-34H,1-8,17-18H2. The molecule has 6 nitrogen and oxygen atoms in total. The lowest BCUT2D eigenvalue weighted by atomic mass is 9.96. The molecule has 0 aromatic heterocycles. The largest absolute Gasteiger partial charge is 0.411 e. The average Bonchev–Trinajstić information content (AvgIpc) is 3.60. The normalized spacial score (nSPS) is 17.7. The van der Waals surface area contributed by atoms with Crippen LogP contribution in [0.25, 0.3) is 0 Å². The number of hydrogen-bond acceptors (Lipinski definition) is 7. The van der Waals surface area contributed by atoms with Crippen molar-refractivity contribution in [1.82, 2.24) is 0 Å². The Labute approximate surface area is 210 Å². The zero-order chi connectivity index (χ0) is 24.6. The number of nitrogens with zero attached hydrogens (tertiary/aromatic N) is 2. The molecule has 0 aliphatic heterocycles. The summed E-state index contributed by atoms with van der Waals surface area (Å²) in [7, 11) is 0. The van der Waals surface area contributed by atoms with Gasteiger partial charge in [-0.25, -0.2) is 0 Å². The number of carbonyl (C=O) groups excluding carboxylic acids is 2. The van der Waals surface area contributed by atoms with Gasteiger partial charge in [-0.3, -0.25) is 9.59 Å². The maximum Gasteiger partial charge on any atom is 0.210 e. The third-order valence-electron chi connectivity index (χ3n) is 7.15. The molecule has 0 saturated heterocycles. The van der Waals surface area contributed by atoms with Crippen LogP contribution in [0.3, 0.4) is 0 Å². The number of ketones is 2. The van der Waals surface area contributed by atoms with Crippen LogP contribution in [0, 0.1) is 11.8 Å². The van der Waals surface area contributed by atoms with Crippen molar-refractivity contribution < 1.29 is 20.0 Å². The van der Waals surface area contributed by atoms with Gasteiger partial charge < -0.3 is 10.4 Å². The molecule has 0 atom stereocenters. The molecule has 4 rings (SSSR count). The smallest absolute Gasteiger partial charge is 0.210 e. The molecule has 2 aliphatic carbocycles. The summed E-state index contributed by atoms with van der Waals surface area (Å²) in [5.41, 5.74) is 1.49. The molecule has 0 amide bonds. The minimum absolute atomic E-state index is 0.224. The molecule has 0 heterocycles. The van der Waals surface area contributed by atoms with Gasteiger partial charge in [-0.05, 0) is 73.2 Å². The van der Waals surface area contributed by atoms with Crippen molar-refractivity contribution in [2.45, 2.75) is 74.0 Å². The van der Waals surface area contributed by atoms with Crippen LogP contribution in [-0.2, 0) is 0 Å². The summed E-state index contributed by atoms with van der Waals surface area (Å²) in [5, 5.41) is 25.3. The van der Waals surface area contributed by atoms with Crippen LogP contribution in [0.2, 0.25) is 0 Å². The van der Waals surface area contributed by atoms with E-state index >= 15 is 0 Å². The minimum atomic E-state index is -0.224. The molecular formula is C28H32N2O4S. The van der Waals surface area contributed by atoms with Gasteiger partial charge in [0, 0.05) is 20.9 Å². The molecule has 0 bridgehead atoms. The van der Waals surface area contributed by atoms with Gasteiger partial charge in [-0.1, -0.05) is 73.4 Å². The van der Waals surface area contributed by atoms with E-state index in [0.717, 1.165) is 35.5 Å². The van der Waals surface area contributed by atoms with Crippen LogP contribution < -0.4 is 0 Å². The topological polar surface area (TPSA) is 99.3 Å². The highest BCUT2D eigenvalue weighted by Gasteiger charge is 2.24. The van der Waals surface area contributed by atoms with Crippen molar-refractivity contribution >= 4 is 34.8 Å². The first-order chi connectivity index (χ1) is 17.1. The van der Waals surface area contributed by atoms with Gasteiger partial charge in [0.2, 0.25) is 11.6 Å². The molecule has 2 aromatic carbocycles. The monoisotopic (exact) mass is 492 g/mol. The maximum absolute atomic E-state index is 12.8. The molecule has 184 valence electrons. The van der Waals surface area contributed by atoms with E-state index in [4.69, 9.17) is 0 Å². The maximum atomic E-state index is 12.8. The van der Waals surface area contributed by atoms with Crippen LogP contribution >= 0.6 is 11.8 Å². The summed E-state index contributed by atoms with van der Waals surface area (Å²) in [4.78, 5) is 27.4. The van der Waals surface area contributed by atoms with Crippen molar-refractivity contribution in [3.63, 3.8) is 0 Å². The van der Waals surface area contributed by atoms with Crippen molar-refractivity contribution in [2.24, 2.45) is 22.1 Å². The molecule has 2 aromatic rings. The second kappa shape index (κ2) is 12.2. The fourth-order valence-corrected chi connectivity index (χ4v) is 5.97. The summed E-state index contributed by atoms with van der Waals surface area (Å²) < 4.78 is 0. The van der Waals surface area contributed by atoms with Gasteiger partial charge in [-0.2, -0.15) is 0 Å². The zero-order valence-electron chi connectivity index (χ0n) is 19.9. The fourth-order valence-electron chi connectivity index (χ4n) is 5.15. The van der Waals surface area contributed by atoms with Gasteiger partial charge in [0.05, 0.1) is 0 Å². The van der Waals surface area contributed by atoms with E-state index in [1.54, 1.807) is 24.3 Å². The van der Waals surface area contributed by atoms with Crippen molar-refractivity contribution in [3.05, 3.63) is 59.7 Å². The lowest BCUT2D eigenvalue weighted by Crippen LogP contribution is -2.17. The second-order valence-electron chi connectivity index (χ2n) is 9.61. The Kier molecular flexibility index (Phi) is 8.74. The van der Waals surface area contributed by atoms with Crippen molar-refractivity contribution in [3.8, 4) is 0 Å². The van der Waals surface area contributed by atoms with Gasteiger partial charge >= 0.3 is 0 Å². The van der Waals surface area contributed by atoms with E-state index in [-0.39, 0.29) is 23.0 Å². The van der Waals surface area contributed by atoms with E-state index < -0.39 is 0 Å². The number of benzene rings is 2. The number of hydrogen-bond donors (Lipinski definition) is 2. The molecule has 2 fully saturated rings. The molecule has 2 aliphatic rings. The Morgan fingerprint density at radius 1 is 0.657 bits per heavy atom. The molecule has 0 spiro atoms. The van der Waals surface area contributed by atoms with Crippen LogP contribution in [0.1, 0.15) is 84.9 Å². The fraction of sp³-hybridized carbons (Fsp3) is 0.429. The summed E-state index contributed by atoms with van der Waals surface area (Å²) in [6.07, 6.45) is 10.1. The van der Waals surface area contributed by atoms with Gasteiger partial charge in [0.1, 0.15) is 11.4 Å². The molecule has 0 radical (unpaired) electrons. The highest BCUT2D eigenvalue weighted by molar-refractivity contribution is 7.99. The van der Waals surface area contributed by atoms with Crippen LogP contribution in [0.5, 0.6) is 0 Å². The van der Waals surface area contributed by atoms with Crippen LogP contribution in [-0.4, -0.2) is 33.4 Å². The van der Waals surface area contributed by atoms with E-state index in [0.29, 0.717) is 35.8 Å². The van der Waals surface area contributed by atoms with Gasteiger partial charge in [0.15, 0.2) is 0 Å². The van der Waals surface area contributed by atoms with E-state index in [2.05, 4.69) is 10.3 Å². The molecule has 35 heavy (non-hydrogen) atoms. The zero-order valence-corrected chi connectivity index (χ0v) is 20.7. The Morgan fingerprint density at radius 2 is 1.00 bits per heavy atom. The quantitative estimate of drug-likeness (QED) is 0.161. The van der Waals surface area contributed by atoms with E-state index in [1.807, 2.05) is 24.3 Å². The van der Waals surface area contributed by atoms with Gasteiger partial charge in [-0.15, -0.1) is 0 Å². The van der Waals surface area contributed by atoms with Crippen LogP contribution in [0.15, 0.2) is 68.6 Å². The number of rotatable bonds is 10. The third-order valence-corrected chi connectivity index (χ3v) is 8.16. The summed E-state index contributed by atoms with van der Waals surface area (Å²) >= 11 is 1.53. The Hall–Kier alpha value is -2.93. The SMILES string of the molecule is O=C(C(CC1CCCC1)=NO)c1ccc(Sc2ccc(C(=O)C(CC3CCCC3)=NO)cc2)cc1. The average molecular weight is 493 g/mol. The van der Waals surface area contributed by atoms with Crippen molar-refractivity contribution in [2.75, 3.05) is 0 Å². The van der Waals surface area contributed by atoms with E-state index in [9.17, 15) is 20.0 Å². The molecular weight excluding hydrogens is 460 g/mol. The first-order valence-electron chi connectivity index (χ1n) is 12.5. The Bertz CT molecular complexity index is 993. The highest BCUT2D eigenvalue weighted by Crippen LogP contribution is 2.31. The second-order valence-corrected chi connectivity index (χ2v) is 10.8. The molecule has 0 unspecified atom stereocenters. The molecule has 2 saturated carbocycles. The predicted molar refractivity (Wildman–Crippen MR) is 137 cm³/mol. The first-order valence-corrected chi connectivity index (χ1v) is 13.3. The predicted octanol–water partition coefficient (Wildman–Crippen LogP) is 7.02. The summed E-state index contributed by atoms with van der Waals surface area (Å²) in [5.74, 6) is 0.407. The summed E-state index contributed by atoms with van der Waals surface area (Å²) in [6.45, 7) is 0. The number of Topliss-reactive ketones (excluding diaryl/α,β-unsaturated/α-hetero) is 2. The molecule has 7 heteroatoms. The number of oxime groups is 2. The van der Waals surface area contributed by atoms with E-state index in [1.165, 1.54) is 37.4 Å².